The van der Waals surface area contributed by atoms with Gasteiger partial charge in [0.25, 0.3) is 0 Å². The summed E-state index contributed by atoms with van der Waals surface area (Å²) in [6.45, 7) is 2.60. The number of rotatable bonds is 4. The Bertz CT molecular complexity index is 482. The summed E-state index contributed by atoms with van der Waals surface area (Å²) in [6.07, 6.45) is -5.08. The second kappa shape index (κ2) is 8.38. The lowest BCUT2D eigenvalue weighted by Gasteiger charge is -2.36. The normalized spacial score (nSPS) is 17.7. The summed E-state index contributed by atoms with van der Waals surface area (Å²) in [7, 11) is 1.48. The quantitative estimate of drug-likeness (QED) is 0.828. The molecule has 1 saturated heterocycles. The maximum absolute atomic E-state index is 13.0. The second-order valence-electron chi connectivity index (χ2n) is 5.01. The van der Waals surface area contributed by atoms with E-state index in [1.165, 1.54) is 7.11 Å². The van der Waals surface area contributed by atoms with Gasteiger partial charge in [0.2, 0.25) is 0 Å². The fourth-order valence-corrected chi connectivity index (χ4v) is 2.95. The first-order valence-corrected chi connectivity index (χ1v) is 7.55. The van der Waals surface area contributed by atoms with E-state index in [0.29, 0.717) is 37.5 Å². The molecular weight excluding hydrogens is 385 g/mol. The van der Waals surface area contributed by atoms with E-state index >= 15 is 0 Å². The Balaban J connectivity index is 0.00000242. The molecule has 22 heavy (non-hydrogen) atoms. The SMILES string of the molecule is COc1cc(Br)ccc1[C@H](CC(F)(F)F)N1CCNCC1.Cl. The van der Waals surface area contributed by atoms with Crippen LogP contribution in [0.15, 0.2) is 22.7 Å². The molecule has 0 aliphatic carbocycles. The highest BCUT2D eigenvalue weighted by molar-refractivity contribution is 9.10. The first-order valence-electron chi connectivity index (χ1n) is 6.75. The average Bonchev–Trinajstić information content (AvgIpc) is 2.45. The summed E-state index contributed by atoms with van der Waals surface area (Å²) in [6, 6.07) is 4.46. The molecule has 1 fully saturated rings. The number of alkyl halides is 3. The summed E-state index contributed by atoms with van der Waals surface area (Å²) in [5.41, 5.74) is 0.583. The first-order chi connectivity index (χ1) is 9.90. The minimum atomic E-state index is -4.21. The number of ether oxygens (including phenoxy) is 1. The van der Waals surface area contributed by atoms with Crippen molar-refractivity contribution < 1.29 is 17.9 Å². The summed E-state index contributed by atoms with van der Waals surface area (Å²) in [5.74, 6) is 0.483. The van der Waals surface area contributed by atoms with Gasteiger partial charge in [-0.15, -0.1) is 12.4 Å². The average molecular weight is 404 g/mol. The van der Waals surface area contributed by atoms with Crippen LogP contribution >= 0.6 is 28.3 Å². The zero-order valence-electron chi connectivity index (χ0n) is 12.1. The van der Waals surface area contributed by atoms with Crippen LogP contribution in [0.1, 0.15) is 18.0 Å². The molecule has 0 radical (unpaired) electrons. The highest BCUT2D eigenvalue weighted by Crippen LogP contribution is 2.38. The van der Waals surface area contributed by atoms with Crippen molar-refractivity contribution >= 4 is 28.3 Å². The fourth-order valence-electron chi connectivity index (χ4n) is 2.61. The molecule has 0 saturated carbocycles. The van der Waals surface area contributed by atoms with E-state index in [0.717, 1.165) is 4.47 Å². The van der Waals surface area contributed by atoms with Gasteiger partial charge in [-0.3, -0.25) is 4.90 Å². The topological polar surface area (TPSA) is 24.5 Å². The van der Waals surface area contributed by atoms with E-state index in [9.17, 15) is 13.2 Å². The van der Waals surface area contributed by atoms with Gasteiger partial charge in [0.1, 0.15) is 5.75 Å². The predicted octanol–water partition coefficient (Wildman–Crippen LogP) is 3.78. The molecule has 126 valence electrons. The number of nitrogens with one attached hydrogen (secondary N) is 1. The number of hydrogen-bond donors (Lipinski definition) is 1. The van der Waals surface area contributed by atoms with E-state index in [-0.39, 0.29) is 12.4 Å². The van der Waals surface area contributed by atoms with Crippen molar-refractivity contribution in [2.75, 3.05) is 33.3 Å². The second-order valence-corrected chi connectivity index (χ2v) is 5.92. The molecule has 0 unspecified atom stereocenters. The number of nitrogens with zero attached hydrogens (tertiary/aromatic N) is 1. The molecule has 1 N–H and O–H groups in total. The summed E-state index contributed by atoms with van der Waals surface area (Å²) in [4.78, 5) is 1.87. The predicted molar refractivity (Wildman–Crippen MR) is 85.8 cm³/mol. The van der Waals surface area contributed by atoms with Crippen molar-refractivity contribution in [3.63, 3.8) is 0 Å². The van der Waals surface area contributed by atoms with Crippen LogP contribution in [0, 0.1) is 0 Å². The lowest BCUT2D eigenvalue weighted by molar-refractivity contribution is -0.148. The first kappa shape index (κ1) is 19.5. The van der Waals surface area contributed by atoms with Crippen LogP contribution < -0.4 is 10.1 Å². The minimum absolute atomic E-state index is 0. The lowest BCUT2D eigenvalue weighted by Crippen LogP contribution is -2.46. The van der Waals surface area contributed by atoms with E-state index in [4.69, 9.17) is 4.74 Å². The molecule has 1 atom stereocenters. The van der Waals surface area contributed by atoms with Crippen LogP contribution in [-0.2, 0) is 0 Å². The number of benzene rings is 1. The van der Waals surface area contributed by atoms with Crippen LogP contribution in [-0.4, -0.2) is 44.4 Å². The van der Waals surface area contributed by atoms with Crippen LogP contribution in [0.2, 0.25) is 0 Å². The summed E-state index contributed by atoms with van der Waals surface area (Å²) < 4.78 is 45.0. The number of halogens is 5. The standard InChI is InChI=1S/C14H18BrF3N2O.ClH/c1-21-13-8-10(15)2-3-11(13)12(9-14(16,17)18)20-6-4-19-5-7-20;/h2-3,8,12,19H,4-7,9H2,1H3;1H/t12-;/m0./s1. The highest BCUT2D eigenvalue weighted by atomic mass is 79.9. The molecule has 1 aromatic carbocycles. The largest absolute Gasteiger partial charge is 0.496 e. The summed E-state index contributed by atoms with van der Waals surface area (Å²) >= 11 is 3.32. The van der Waals surface area contributed by atoms with Gasteiger partial charge in [0.05, 0.1) is 13.5 Å². The van der Waals surface area contributed by atoms with Crippen molar-refractivity contribution in [2.24, 2.45) is 0 Å². The molecule has 1 aromatic rings. The fraction of sp³-hybridized carbons (Fsp3) is 0.571. The molecule has 8 heteroatoms. The zero-order chi connectivity index (χ0) is 15.5. The van der Waals surface area contributed by atoms with Gasteiger partial charge in [0.15, 0.2) is 0 Å². The third kappa shape index (κ3) is 5.30. The van der Waals surface area contributed by atoms with Crippen molar-refractivity contribution in [3.05, 3.63) is 28.2 Å². The molecule has 3 nitrogen and oxygen atoms in total. The van der Waals surface area contributed by atoms with Crippen molar-refractivity contribution in [2.45, 2.75) is 18.6 Å². The molecule has 0 aromatic heterocycles. The number of methoxy groups -OCH3 is 1. The van der Waals surface area contributed by atoms with Crippen LogP contribution in [0.4, 0.5) is 13.2 Å². The molecule has 2 rings (SSSR count). The number of hydrogen-bond acceptors (Lipinski definition) is 3. The van der Waals surface area contributed by atoms with Gasteiger partial charge in [-0.25, -0.2) is 0 Å². The Hall–Kier alpha value is -0.500. The van der Waals surface area contributed by atoms with Gasteiger partial charge in [0, 0.05) is 42.3 Å². The third-order valence-corrected chi connectivity index (χ3v) is 4.06. The highest BCUT2D eigenvalue weighted by Gasteiger charge is 2.37. The Kier molecular flexibility index (Phi) is 7.45. The van der Waals surface area contributed by atoms with Crippen LogP contribution in [0.5, 0.6) is 5.75 Å². The van der Waals surface area contributed by atoms with Gasteiger partial charge >= 0.3 is 6.18 Å². The van der Waals surface area contributed by atoms with Gasteiger partial charge in [-0.1, -0.05) is 22.0 Å². The van der Waals surface area contributed by atoms with Crippen molar-refractivity contribution in [1.29, 1.82) is 0 Å². The Labute approximate surface area is 142 Å². The van der Waals surface area contributed by atoms with Gasteiger partial charge < -0.3 is 10.1 Å². The molecule has 1 aliphatic rings. The van der Waals surface area contributed by atoms with Crippen LogP contribution in [0.25, 0.3) is 0 Å². The molecule has 1 aliphatic heterocycles. The van der Waals surface area contributed by atoms with Gasteiger partial charge in [-0.2, -0.15) is 13.2 Å². The zero-order valence-corrected chi connectivity index (χ0v) is 14.5. The van der Waals surface area contributed by atoms with E-state index in [1.807, 2.05) is 4.90 Å². The Morgan fingerprint density at radius 1 is 1.32 bits per heavy atom. The minimum Gasteiger partial charge on any atom is -0.496 e. The van der Waals surface area contributed by atoms with Crippen molar-refractivity contribution in [1.82, 2.24) is 10.2 Å². The van der Waals surface area contributed by atoms with E-state index in [2.05, 4.69) is 21.2 Å². The van der Waals surface area contributed by atoms with E-state index < -0.39 is 18.6 Å². The maximum Gasteiger partial charge on any atom is 0.390 e. The molecule has 0 bridgehead atoms. The maximum atomic E-state index is 13.0. The lowest BCUT2D eigenvalue weighted by atomic mass is 9.99. The van der Waals surface area contributed by atoms with Gasteiger partial charge in [-0.05, 0) is 12.1 Å². The molecule has 1 heterocycles. The Morgan fingerprint density at radius 3 is 2.50 bits per heavy atom. The molecule has 0 spiro atoms. The van der Waals surface area contributed by atoms with Crippen LogP contribution in [0.3, 0.4) is 0 Å². The Morgan fingerprint density at radius 2 is 1.95 bits per heavy atom. The monoisotopic (exact) mass is 402 g/mol. The van der Waals surface area contributed by atoms with E-state index in [1.54, 1.807) is 18.2 Å². The molecule has 0 amide bonds. The smallest absolute Gasteiger partial charge is 0.390 e. The van der Waals surface area contributed by atoms with Crippen molar-refractivity contribution in [3.8, 4) is 5.75 Å². The molecular formula is C14H19BrClF3N2O. The summed E-state index contributed by atoms with van der Waals surface area (Å²) in [5, 5.41) is 3.16. The number of piperazine rings is 1. The third-order valence-electron chi connectivity index (χ3n) is 3.57.